The van der Waals surface area contributed by atoms with E-state index in [1.54, 1.807) is 0 Å². The number of rotatable bonds is 3. The average molecular weight is 339 g/mol. The molecule has 3 heteroatoms. The normalized spacial score (nSPS) is 22.4. The van der Waals surface area contributed by atoms with Gasteiger partial charge in [-0.3, -0.25) is 0 Å². The molecule has 2 aromatic rings. The zero-order valence-electron chi connectivity index (χ0n) is 10.5. The average Bonchev–Trinajstić information content (AvgIpc) is 3.19. The zero-order chi connectivity index (χ0) is 12.5. The van der Waals surface area contributed by atoms with Crippen LogP contribution in [0.3, 0.4) is 0 Å². The van der Waals surface area contributed by atoms with Crippen LogP contribution in [0.2, 0.25) is 0 Å². The van der Waals surface area contributed by atoms with Crippen LogP contribution in [0.4, 0.5) is 0 Å². The van der Waals surface area contributed by atoms with Crippen LogP contribution in [0.1, 0.15) is 29.5 Å². The first-order valence-electron chi connectivity index (χ1n) is 6.31. The molecule has 100 valence electrons. The summed E-state index contributed by atoms with van der Waals surface area (Å²) in [6.45, 7) is 0. The van der Waals surface area contributed by atoms with Crippen molar-refractivity contribution in [2.24, 2.45) is 11.7 Å². The maximum atomic E-state index is 6.35. The van der Waals surface area contributed by atoms with E-state index in [0.29, 0.717) is 11.8 Å². The quantitative estimate of drug-likeness (QED) is 0.864. The Morgan fingerprint density at radius 3 is 2.47 bits per heavy atom. The van der Waals surface area contributed by atoms with Gasteiger partial charge < -0.3 is 5.73 Å². The maximum Gasteiger partial charge on any atom is 0.0329 e. The molecule has 3 atom stereocenters. The van der Waals surface area contributed by atoms with Gasteiger partial charge in [0.1, 0.15) is 0 Å². The summed E-state index contributed by atoms with van der Waals surface area (Å²) in [6.07, 6.45) is 1.20. The van der Waals surface area contributed by atoms with E-state index in [9.17, 15) is 0 Å². The first kappa shape index (κ1) is 14.6. The first-order chi connectivity index (χ1) is 8.75. The number of hydrogen-bond donors (Lipinski definition) is 1. The van der Waals surface area contributed by atoms with Crippen LogP contribution < -0.4 is 5.73 Å². The predicted molar refractivity (Wildman–Crippen MR) is 85.6 cm³/mol. The summed E-state index contributed by atoms with van der Waals surface area (Å²) in [5.74, 6) is 1.21. The molecule has 3 unspecified atom stereocenters. The Labute approximate surface area is 128 Å². The van der Waals surface area contributed by atoms with E-state index in [4.69, 9.17) is 5.73 Å². The van der Waals surface area contributed by atoms with Crippen molar-refractivity contribution in [2.45, 2.75) is 18.4 Å². The van der Waals surface area contributed by atoms with E-state index in [0.717, 1.165) is 4.47 Å². The highest BCUT2D eigenvalue weighted by molar-refractivity contribution is 9.10. The topological polar surface area (TPSA) is 26.0 Å². The fraction of sp³-hybridized carbons (Fsp3) is 0.250. The Morgan fingerprint density at radius 2 is 1.79 bits per heavy atom. The summed E-state index contributed by atoms with van der Waals surface area (Å²) in [5, 5.41) is 0. The molecular weight excluding hydrogens is 322 g/mol. The summed E-state index contributed by atoms with van der Waals surface area (Å²) in [5.41, 5.74) is 9.01. The molecule has 2 N–H and O–H groups in total. The van der Waals surface area contributed by atoms with Crippen LogP contribution in [0.5, 0.6) is 0 Å². The lowest BCUT2D eigenvalue weighted by atomic mass is 10.00. The minimum Gasteiger partial charge on any atom is -0.324 e. The van der Waals surface area contributed by atoms with E-state index < -0.39 is 0 Å². The third-order valence-electron chi connectivity index (χ3n) is 3.76. The molecule has 1 saturated carbocycles. The fourth-order valence-electron chi connectivity index (χ4n) is 2.65. The van der Waals surface area contributed by atoms with E-state index >= 15 is 0 Å². The molecule has 0 saturated heterocycles. The highest BCUT2D eigenvalue weighted by Gasteiger charge is 2.42. The van der Waals surface area contributed by atoms with Crippen LogP contribution in [0.15, 0.2) is 59.1 Å². The monoisotopic (exact) mass is 337 g/mol. The van der Waals surface area contributed by atoms with Gasteiger partial charge in [0.25, 0.3) is 0 Å². The molecule has 0 spiro atoms. The molecule has 0 radical (unpaired) electrons. The summed E-state index contributed by atoms with van der Waals surface area (Å²) < 4.78 is 1.15. The van der Waals surface area contributed by atoms with Gasteiger partial charge in [0.2, 0.25) is 0 Å². The molecule has 3 rings (SSSR count). The largest absolute Gasteiger partial charge is 0.324 e. The highest BCUT2D eigenvalue weighted by Crippen LogP contribution is 2.53. The molecule has 0 bridgehead atoms. The lowest BCUT2D eigenvalue weighted by molar-refractivity contribution is 0.616. The Morgan fingerprint density at radius 1 is 1.05 bits per heavy atom. The highest BCUT2D eigenvalue weighted by atomic mass is 79.9. The molecule has 1 fully saturated rings. The second-order valence-electron chi connectivity index (χ2n) is 5.00. The van der Waals surface area contributed by atoms with Crippen molar-refractivity contribution in [1.29, 1.82) is 0 Å². The Kier molecular flexibility index (Phi) is 4.67. The van der Waals surface area contributed by atoms with E-state index in [1.165, 1.54) is 17.5 Å². The van der Waals surface area contributed by atoms with Gasteiger partial charge in [0.15, 0.2) is 0 Å². The van der Waals surface area contributed by atoms with Crippen molar-refractivity contribution in [3.05, 3.63) is 70.2 Å². The van der Waals surface area contributed by atoms with Gasteiger partial charge in [-0.25, -0.2) is 0 Å². The molecule has 0 aliphatic heterocycles. The summed E-state index contributed by atoms with van der Waals surface area (Å²) >= 11 is 3.53. The fourth-order valence-corrected chi connectivity index (χ4v) is 3.07. The second-order valence-corrected chi connectivity index (χ2v) is 5.91. The van der Waals surface area contributed by atoms with Gasteiger partial charge in [0.05, 0.1) is 0 Å². The Bertz CT molecular complexity index is 543. The van der Waals surface area contributed by atoms with Crippen molar-refractivity contribution in [3.63, 3.8) is 0 Å². The van der Waals surface area contributed by atoms with Gasteiger partial charge >= 0.3 is 0 Å². The maximum absolute atomic E-state index is 6.35. The molecule has 19 heavy (non-hydrogen) atoms. The number of hydrogen-bond acceptors (Lipinski definition) is 1. The molecule has 1 nitrogen and oxygen atoms in total. The standard InChI is InChI=1S/C16H16BrN.ClH/c17-13-8-4-7-12(9-13)14-10-15(14)16(18)11-5-2-1-3-6-11;/h1-9,14-16H,10,18H2;1H. The first-order valence-corrected chi connectivity index (χ1v) is 7.11. The Balaban J connectivity index is 0.00000133. The van der Waals surface area contributed by atoms with E-state index in [1.807, 2.05) is 6.07 Å². The predicted octanol–water partition coefficient (Wildman–Crippen LogP) is 4.67. The molecular formula is C16H17BrClN. The van der Waals surface area contributed by atoms with Crippen molar-refractivity contribution >= 4 is 28.3 Å². The van der Waals surface area contributed by atoms with Gasteiger partial charge in [-0.05, 0) is 41.5 Å². The lowest BCUT2D eigenvalue weighted by Gasteiger charge is -2.11. The number of benzene rings is 2. The summed E-state index contributed by atoms with van der Waals surface area (Å²) in [7, 11) is 0. The molecule has 1 aliphatic rings. The van der Waals surface area contributed by atoms with Gasteiger partial charge in [-0.1, -0.05) is 58.4 Å². The SMILES string of the molecule is Cl.NC(c1ccccc1)C1CC1c1cccc(Br)c1. The van der Waals surface area contributed by atoms with Crippen molar-refractivity contribution in [2.75, 3.05) is 0 Å². The smallest absolute Gasteiger partial charge is 0.0329 e. The van der Waals surface area contributed by atoms with Crippen LogP contribution in [0.25, 0.3) is 0 Å². The van der Waals surface area contributed by atoms with Crippen LogP contribution in [-0.2, 0) is 0 Å². The molecule has 0 heterocycles. The summed E-state index contributed by atoms with van der Waals surface area (Å²) in [6, 6.07) is 19.2. The van der Waals surface area contributed by atoms with Gasteiger partial charge in [-0.15, -0.1) is 12.4 Å². The summed E-state index contributed by atoms with van der Waals surface area (Å²) in [4.78, 5) is 0. The van der Waals surface area contributed by atoms with Crippen molar-refractivity contribution in [3.8, 4) is 0 Å². The minimum atomic E-state index is 0. The molecule has 0 amide bonds. The molecule has 2 aromatic carbocycles. The number of nitrogens with two attached hydrogens (primary N) is 1. The van der Waals surface area contributed by atoms with Crippen LogP contribution >= 0.6 is 28.3 Å². The van der Waals surface area contributed by atoms with Gasteiger partial charge in [0, 0.05) is 10.5 Å². The zero-order valence-corrected chi connectivity index (χ0v) is 12.9. The Hall–Kier alpha value is -0.830. The lowest BCUT2D eigenvalue weighted by Crippen LogP contribution is -2.13. The third kappa shape index (κ3) is 3.19. The molecule has 0 aromatic heterocycles. The van der Waals surface area contributed by atoms with Crippen molar-refractivity contribution < 1.29 is 0 Å². The second kappa shape index (κ2) is 6.08. The van der Waals surface area contributed by atoms with E-state index in [-0.39, 0.29) is 18.4 Å². The molecule has 1 aliphatic carbocycles. The van der Waals surface area contributed by atoms with Gasteiger partial charge in [-0.2, -0.15) is 0 Å². The van der Waals surface area contributed by atoms with Crippen LogP contribution in [0, 0.1) is 5.92 Å². The number of halogens is 2. The van der Waals surface area contributed by atoms with E-state index in [2.05, 4.69) is 64.5 Å². The third-order valence-corrected chi connectivity index (χ3v) is 4.26. The minimum absolute atomic E-state index is 0. The van der Waals surface area contributed by atoms with Crippen LogP contribution in [-0.4, -0.2) is 0 Å². The van der Waals surface area contributed by atoms with Crippen molar-refractivity contribution in [1.82, 2.24) is 0 Å².